The Hall–Kier alpha value is -2.57. The fraction of sp³-hybridized carbons (Fsp3) is 0.300. The molecule has 0 aliphatic carbocycles. The predicted molar refractivity (Wildman–Crippen MR) is 107 cm³/mol. The van der Waals surface area contributed by atoms with E-state index < -0.39 is 0 Å². The van der Waals surface area contributed by atoms with Gasteiger partial charge in [0.1, 0.15) is 5.75 Å². The number of nitrogens with zero attached hydrogens (tertiary/aromatic N) is 1. The number of hydrogen-bond donors (Lipinski definition) is 2. The molecular weight excluding hydrogens is 366 g/mol. The number of nitrogens with one attached hydrogen (secondary N) is 2. The number of likely N-dealkylation sites (N-methyl/N-ethyl adjacent to an activating group) is 1. The molecular formula is C20H24ClN3O3. The standard InChI is InChI=1S/C20H23N3O3.ClH/c1-23(2)19(24)13-26-17-9-7-16(8-10-17)22-20(25)18-11-14-5-3-4-6-15(14)12-21-18;/h3-10,18,21H,11-13H2,1-2H3,(H,22,25);1H. The molecule has 0 saturated heterocycles. The number of fused-ring (bicyclic) bond motifs is 1. The monoisotopic (exact) mass is 389 g/mol. The van der Waals surface area contributed by atoms with Crippen molar-refractivity contribution in [2.75, 3.05) is 26.0 Å². The molecule has 144 valence electrons. The van der Waals surface area contributed by atoms with E-state index in [2.05, 4.69) is 22.8 Å². The van der Waals surface area contributed by atoms with Gasteiger partial charge in [-0.1, -0.05) is 24.3 Å². The Morgan fingerprint density at radius 3 is 2.44 bits per heavy atom. The van der Waals surface area contributed by atoms with Gasteiger partial charge in [-0.3, -0.25) is 9.59 Å². The Morgan fingerprint density at radius 1 is 1.11 bits per heavy atom. The van der Waals surface area contributed by atoms with Crippen LogP contribution in [0.4, 0.5) is 5.69 Å². The molecule has 0 fully saturated rings. The van der Waals surface area contributed by atoms with Gasteiger partial charge in [-0.15, -0.1) is 12.4 Å². The second-order valence-electron chi connectivity index (χ2n) is 6.50. The number of anilines is 1. The zero-order chi connectivity index (χ0) is 18.5. The quantitative estimate of drug-likeness (QED) is 0.822. The third-order valence-corrected chi connectivity index (χ3v) is 4.38. The summed E-state index contributed by atoms with van der Waals surface area (Å²) in [5.74, 6) is 0.421. The minimum absolute atomic E-state index is 0. The van der Waals surface area contributed by atoms with Crippen LogP contribution in [0, 0.1) is 0 Å². The Bertz CT molecular complexity index is 793. The summed E-state index contributed by atoms with van der Waals surface area (Å²) in [6.07, 6.45) is 0.676. The maximum absolute atomic E-state index is 12.5. The van der Waals surface area contributed by atoms with E-state index in [9.17, 15) is 9.59 Å². The minimum Gasteiger partial charge on any atom is -0.484 e. The number of carbonyl (C=O) groups is 2. The van der Waals surface area contributed by atoms with E-state index >= 15 is 0 Å². The van der Waals surface area contributed by atoms with E-state index in [0.29, 0.717) is 24.4 Å². The van der Waals surface area contributed by atoms with Crippen molar-refractivity contribution in [3.05, 3.63) is 59.7 Å². The first-order valence-electron chi connectivity index (χ1n) is 8.57. The van der Waals surface area contributed by atoms with Crippen LogP contribution in [0.1, 0.15) is 11.1 Å². The zero-order valence-electron chi connectivity index (χ0n) is 15.4. The van der Waals surface area contributed by atoms with Crippen molar-refractivity contribution in [3.63, 3.8) is 0 Å². The predicted octanol–water partition coefficient (Wildman–Crippen LogP) is 2.23. The van der Waals surface area contributed by atoms with Gasteiger partial charge in [0.15, 0.2) is 6.61 Å². The van der Waals surface area contributed by atoms with Crippen LogP contribution in [-0.4, -0.2) is 43.5 Å². The van der Waals surface area contributed by atoms with Crippen LogP contribution in [0.2, 0.25) is 0 Å². The summed E-state index contributed by atoms with van der Waals surface area (Å²) in [7, 11) is 3.37. The summed E-state index contributed by atoms with van der Waals surface area (Å²) in [5, 5.41) is 6.19. The van der Waals surface area contributed by atoms with Crippen LogP contribution >= 0.6 is 12.4 Å². The van der Waals surface area contributed by atoms with Gasteiger partial charge >= 0.3 is 0 Å². The SMILES string of the molecule is CN(C)C(=O)COc1ccc(NC(=O)C2Cc3ccccc3CN2)cc1.Cl. The van der Waals surface area contributed by atoms with Crippen LogP contribution in [0.15, 0.2) is 48.5 Å². The summed E-state index contributed by atoms with van der Waals surface area (Å²) in [6.45, 7) is 0.686. The molecule has 27 heavy (non-hydrogen) atoms. The smallest absolute Gasteiger partial charge is 0.259 e. The molecule has 0 radical (unpaired) electrons. The second kappa shape index (κ2) is 9.39. The normalized spacial score (nSPS) is 15.1. The number of benzene rings is 2. The second-order valence-corrected chi connectivity index (χ2v) is 6.50. The number of carbonyl (C=O) groups excluding carboxylic acids is 2. The van der Waals surface area contributed by atoms with Crippen LogP contribution in [0.3, 0.4) is 0 Å². The number of hydrogen-bond acceptors (Lipinski definition) is 4. The van der Waals surface area contributed by atoms with Crippen molar-refractivity contribution in [1.82, 2.24) is 10.2 Å². The molecule has 0 saturated carbocycles. The summed E-state index contributed by atoms with van der Waals surface area (Å²) < 4.78 is 5.43. The average Bonchev–Trinajstić information content (AvgIpc) is 2.66. The highest BCUT2D eigenvalue weighted by Crippen LogP contribution is 2.19. The Morgan fingerprint density at radius 2 is 1.78 bits per heavy atom. The van der Waals surface area contributed by atoms with Crippen molar-refractivity contribution in [3.8, 4) is 5.75 Å². The summed E-state index contributed by atoms with van der Waals surface area (Å²) >= 11 is 0. The van der Waals surface area contributed by atoms with Gasteiger partial charge < -0.3 is 20.3 Å². The lowest BCUT2D eigenvalue weighted by atomic mass is 9.95. The summed E-state index contributed by atoms with van der Waals surface area (Å²) in [4.78, 5) is 25.5. The van der Waals surface area contributed by atoms with Crippen molar-refractivity contribution in [1.29, 1.82) is 0 Å². The number of amides is 2. The van der Waals surface area contributed by atoms with Gasteiger partial charge in [0.05, 0.1) is 6.04 Å². The van der Waals surface area contributed by atoms with Crippen molar-refractivity contribution < 1.29 is 14.3 Å². The van der Waals surface area contributed by atoms with Gasteiger partial charge in [0, 0.05) is 26.3 Å². The van der Waals surface area contributed by atoms with E-state index in [-0.39, 0.29) is 36.9 Å². The first-order valence-corrected chi connectivity index (χ1v) is 8.57. The first-order chi connectivity index (χ1) is 12.5. The molecule has 2 N–H and O–H groups in total. The zero-order valence-corrected chi connectivity index (χ0v) is 16.2. The fourth-order valence-corrected chi connectivity index (χ4v) is 2.78. The van der Waals surface area contributed by atoms with Crippen LogP contribution < -0.4 is 15.4 Å². The van der Waals surface area contributed by atoms with Crippen molar-refractivity contribution >= 4 is 29.9 Å². The molecule has 6 nitrogen and oxygen atoms in total. The van der Waals surface area contributed by atoms with Gasteiger partial charge in [-0.25, -0.2) is 0 Å². The van der Waals surface area contributed by atoms with E-state index in [1.54, 1.807) is 38.4 Å². The molecule has 1 heterocycles. The number of halogens is 1. The lowest BCUT2D eigenvalue weighted by Crippen LogP contribution is -2.44. The highest BCUT2D eigenvalue weighted by molar-refractivity contribution is 5.95. The van der Waals surface area contributed by atoms with E-state index in [1.807, 2.05) is 12.1 Å². The topological polar surface area (TPSA) is 70.7 Å². The molecule has 7 heteroatoms. The summed E-state index contributed by atoms with van der Waals surface area (Å²) in [6, 6.07) is 14.9. The molecule has 0 aromatic heterocycles. The summed E-state index contributed by atoms with van der Waals surface area (Å²) in [5.41, 5.74) is 3.15. The molecule has 1 aliphatic heterocycles. The largest absolute Gasteiger partial charge is 0.484 e. The molecule has 0 spiro atoms. The molecule has 2 aromatic rings. The van der Waals surface area contributed by atoms with E-state index in [1.165, 1.54) is 16.0 Å². The minimum atomic E-state index is -0.251. The average molecular weight is 390 g/mol. The van der Waals surface area contributed by atoms with Crippen LogP contribution in [0.5, 0.6) is 5.75 Å². The molecule has 1 unspecified atom stereocenters. The maximum Gasteiger partial charge on any atom is 0.259 e. The first kappa shape index (κ1) is 20.7. The molecule has 1 atom stereocenters. The lowest BCUT2D eigenvalue weighted by molar-refractivity contribution is -0.130. The Balaban J connectivity index is 0.00000261. The van der Waals surface area contributed by atoms with E-state index in [4.69, 9.17) is 4.74 Å². The van der Waals surface area contributed by atoms with Crippen LogP contribution in [-0.2, 0) is 22.6 Å². The molecule has 0 bridgehead atoms. The van der Waals surface area contributed by atoms with Gasteiger partial charge in [0.25, 0.3) is 5.91 Å². The highest BCUT2D eigenvalue weighted by Gasteiger charge is 2.23. The van der Waals surface area contributed by atoms with Crippen molar-refractivity contribution in [2.45, 2.75) is 19.0 Å². The molecule has 1 aliphatic rings. The van der Waals surface area contributed by atoms with Crippen LogP contribution in [0.25, 0.3) is 0 Å². The maximum atomic E-state index is 12.5. The van der Waals surface area contributed by atoms with Gasteiger partial charge in [-0.05, 0) is 41.8 Å². The highest BCUT2D eigenvalue weighted by atomic mass is 35.5. The third kappa shape index (κ3) is 5.45. The Labute approximate surface area is 165 Å². The van der Waals surface area contributed by atoms with Crippen molar-refractivity contribution in [2.24, 2.45) is 0 Å². The number of rotatable bonds is 5. The molecule has 3 rings (SSSR count). The fourth-order valence-electron chi connectivity index (χ4n) is 2.78. The third-order valence-electron chi connectivity index (χ3n) is 4.38. The number of ether oxygens (including phenoxy) is 1. The Kier molecular flexibility index (Phi) is 7.21. The van der Waals surface area contributed by atoms with Gasteiger partial charge in [0.2, 0.25) is 5.91 Å². The van der Waals surface area contributed by atoms with Gasteiger partial charge in [-0.2, -0.15) is 0 Å². The van der Waals surface area contributed by atoms with E-state index in [0.717, 1.165) is 0 Å². The molecule has 2 amide bonds. The molecule has 2 aromatic carbocycles. The lowest BCUT2D eigenvalue weighted by Gasteiger charge is -2.25.